The van der Waals surface area contributed by atoms with Crippen molar-refractivity contribution < 1.29 is 0 Å². The molecule has 128 valence electrons. The Morgan fingerprint density at radius 1 is 1.04 bits per heavy atom. The Bertz CT molecular complexity index is 1240. The molecule has 0 unspecified atom stereocenters. The third kappa shape index (κ3) is 3.19. The van der Waals surface area contributed by atoms with Crippen molar-refractivity contribution in [1.82, 2.24) is 14.6 Å². The van der Waals surface area contributed by atoms with Crippen LogP contribution in [0.15, 0.2) is 64.2 Å². The van der Waals surface area contributed by atoms with Gasteiger partial charge in [0, 0.05) is 6.42 Å². The lowest BCUT2D eigenvalue weighted by atomic mass is 10.1. The maximum absolute atomic E-state index is 12.6. The predicted molar refractivity (Wildman–Crippen MR) is 103 cm³/mol. The lowest BCUT2D eigenvalue weighted by Gasteiger charge is -2.01. The van der Waals surface area contributed by atoms with E-state index in [2.05, 4.69) is 10.1 Å². The molecule has 26 heavy (non-hydrogen) atoms. The third-order valence-corrected chi connectivity index (χ3v) is 5.00. The van der Waals surface area contributed by atoms with Crippen LogP contribution in [0, 0.1) is 6.92 Å². The molecule has 6 heteroatoms. The number of aryl methyl sites for hydroxylation is 1. The molecule has 2 aromatic heterocycles. The average molecular weight is 361 g/mol. The Morgan fingerprint density at radius 2 is 1.77 bits per heavy atom. The molecule has 0 aliphatic carbocycles. The highest BCUT2D eigenvalue weighted by atomic mass is 32.1. The zero-order valence-electron chi connectivity index (χ0n) is 14.0. The largest absolute Gasteiger partial charge is 0.296 e. The summed E-state index contributed by atoms with van der Waals surface area (Å²) in [5.74, 6) is 0. The number of hydrogen-bond donors (Lipinski definition) is 0. The summed E-state index contributed by atoms with van der Waals surface area (Å²) in [6.45, 7) is 2.00. The summed E-state index contributed by atoms with van der Waals surface area (Å²) >= 11 is 1.17. The van der Waals surface area contributed by atoms with Gasteiger partial charge in [-0.05, 0) is 24.1 Å². The summed E-state index contributed by atoms with van der Waals surface area (Å²) in [4.78, 5) is 29.3. The van der Waals surface area contributed by atoms with Crippen LogP contribution in [0.25, 0.3) is 11.0 Å². The summed E-state index contributed by atoms with van der Waals surface area (Å²) in [6, 6.07) is 17.4. The highest BCUT2D eigenvalue weighted by molar-refractivity contribution is 7.15. The smallest absolute Gasteiger partial charge is 0.266 e. The maximum atomic E-state index is 12.6. The molecule has 5 nitrogen and oxygen atoms in total. The molecule has 0 spiro atoms. The van der Waals surface area contributed by atoms with Crippen molar-refractivity contribution >= 4 is 22.4 Å². The summed E-state index contributed by atoms with van der Waals surface area (Å²) < 4.78 is 1.73. The molecule has 0 bridgehead atoms. The second-order valence-electron chi connectivity index (χ2n) is 6.05. The van der Waals surface area contributed by atoms with E-state index in [0.29, 0.717) is 15.9 Å². The van der Waals surface area contributed by atoms with Crippen LogP contribution in [-0.2, 0) is 6.42 Å². The van der Waals surface area contributed by atoms with Crippen molar-refractivity contribution in [3.05, 3.63) is 102 Å². The number of aromatic nitrogens is 3. The Kier molecular flexibility index (Phi) is 4.18. The molecular weight excluding hydrogens is 346 g/mol. The zero-order valence-corrected chi connectivity index (χ0v) is 14.9. The molecule has 2 aromatic carbocycles. The molecule has 0 aliphatic rings. The highest BCUT2D eigenvalue weighted by Crippen LogP contribution is 2.07. The molecule has 0 atom stereocenters. The van der Waals surface area contributed by atoms with E-state index in [1.807, 2.05) is 61.5 Å². The van der Waals surface area contributed by atoms with E-state index in [9.17, 15) is 9.59 Å². The van der Waals surface area contributed by atoms with E-state index in [0.717, 1.165) is 16.7 Å². The van der Waals surface area contributed by atoms with Gasteiger partial charge in [-0.3, -0.25) is 9.59 Å². The first-order valence-corrected chi connectivity index (χ1v) is 8.97. The fourth-order valence-electron chi connectivity index (χ4n) is 2.65. The lowest BCUT2D eigenvalue weighted by Crippen LogP contribution is -2.28. The summed E-state index contributed by atoms with van der Waals surface area (Å²) in [6.07, 6.45) is 2.13. The van der Waals surface area contributed by atoms with E-state index in [-0.39, 0.29) is 11.3 Å². The molecule has 0 saturated heterocycles. The Balaban J connectivity index is 1.80. The highest BCUT2D eigenvalue weighted by Gasteiger charge is 2.11. The van der Waals surface area contributed by atoms with Gasteiger partial charge in [-0.1, -0.05) is 71.5 Å². The molecule has 0 aliphatic heterocycles. The van der Waals surface area contributed by atoms with Crippen molar-refractivity contribution in [2.24, 2.45) is 0 Å². The molecule has 0 fully saturated rings. The van der Waals surface area contributed by atoms with Gasteiger partial charge in [0.05, 0.1) is 4.53 Å². The summed E-state index contributed by atoms with van der Waals surface area (Å²) in [5.41, 5.74) is 2.64. The Morgan fingerprint density at radius 3 is 2.50 bits per heavy atom. The number of fused-ring (bicyclic) bond motifs is 1. The first kappa shape index (κ1) is 16.4. The maximum Gasteiger partial charge on any atom is 0.296 e. The van der Waals surface area contributed by atoms with Gasteiger partial charge >= 0.3 is 0 Å². The van der Waals surface area contributed by atoms with E-state index < -0.39 is 5.56 Å². The van der Waals surface area contributed by atoms with Crippen LogP contribution in [0.5, 0.6) is 0 Å². The van der Waals surface area contributed by atoms with Crippen LogP contribution in [0.2, 0.25) is 0 Å². The molecule has 0 radical (unpaired) electrons. The minimum atomic E-state index is -0.391. The van der Waals surface area contributed by atoms with Crippen LogP contribution in [0.1, 0.15) is 22.4 Å². The minimum Gasteiger partial charge on any atom is -0.266 e. The monoisotopic (exact) mass is 361 g/mol. The Hall–Kier alpha value is -3.12. The van der Waals surface area contributed by atoms with Crippen molar-refractivity contribution in [3.63, 3.8) is 0 Å². The molecule has 0 amide bonds. The van der Waals surface area contributed by atoms with Gasteiger partial charge in [-0.25, -0.2) is 0 Å². The van der Waals surface area contributed by atoms with E-state index >= 15 is 0 Å². The number of benzene rings is 2. The van der Waals surface area contributed by atoms with Gasteiger partial charge in [0.25, 0.3) is 11.1 Å². The lowest BCUT2D eigenvalue weighted by molar-refractivity contribution is 0.811. The van der Waals surface area contributed by atoms with Crippen molar-refractivity contribution in [2.75, 3.05) is 0 Å². The van der Waals surface area contributed by atoms with Crippen molar-refractivity contribution in [2.45, 2.75) is 13.3 Å². The fourth-order valence-corrected chi connectivity index (χ4v) is 3.56. The number of thiazole rings is 1. The first-order chi connectivity index (χ1) is 12.6. The molecule has 4 aromatic rings. The van der Waals surface area contributed by atoms with Gasteiger partial charge in [-0.2, -0.15) is 14.6 Å². The normalized spacial score (nSPS) is 12.0. The fraction of sp³-hybridized carbons (Fsp3) is 0.100. The van der Waals surface area contributed by atoms with Gasteiger partial charge < -0.3 is 0 Å². The molecule has 0 saturated carbocycles. The van der Waals surface area contributed by atoms with Gasteiger partial charge in [0.15, 0.2) is 0 Å². The van der Waals surface area contributed by atoms with Crippen molar-refractivity contribution in [3.8, 4) is 0 Å². The number of rotatable bonds is 3. The molecular formula is C20H15N3O2S. The van der Waals surface area contributed by atoms with Crippen LogP contribution in [0.3, 0.4) is 0 Å². The van der Waals surface area contributed by atoms with Gasteiger partial charge in [0.1, 0.15) is 5.69 Å². The number of nitrogens with zero attached hydrogens (tertiary/aromatic N) is 3. The average Bonchev–Trinajstić information content (AvgIpc) is 2.93. The van der Waals surface area contributed by atoms with E-state index in [1.54, 1.807) is 6.08 Å². The SMILES string of the molecule is Cc1ccc(Cc2nn3c(=O)c(=Cc4ccccc4)sc3nc2=O)cc1. The van der Waals surface area contributed by atoms with Crippen LogP contribution >= 0.6 is 11.3 Å². The van der Waals surface area contributed by atoms with E-state index in [1.165, 1.54) is 15.9 Å². The minimum absolute atomic E-state index is 0.258. The molecule has 4 rings (SSSR count). The zero-order chi connectivity index (χ0) is 18.1. The predicted octanol–water partition coefficient (Wildman–Crippen LogP) is 1.96. The summed E-state index contributed by atoms with van der Waals surface area (Å²) in [7, 11) is 0. The standard InChI is InChI=1S/C20H15N3O2S/c1-13-7-9-15(10-8-13)11-16-18(24)21-20-23(22-16)19(25)17(26-20)12-14-5-3-2-4-6-14/h2-10,12H,11H2,1H3. The van der Waals surface area contributed by atoms with Gasteiger partial charge in [0.2, 0.25) is 4.96 Å². The van der Waals surface area contributed by atoms with E-state index in [4.69, 9.17) is 0 Å². The Labute approximate surface area is 152 Å². The van der Waals surface area contributed by atoms with Crippen LogP contribution < -0.4 is 15.7 Å². The number of hydrogen-bond acceptors (Lipinski definition) is 5. The molecule has 0 N–H and O–H groups in total. The second kappa shape index (κ2) is 6.65. The third-order valence-electron chi connectivity index (χ3n) is 4.04. The van der Waals surface area contributed by atoms with Crippen LogP contribution in [0.4, 0.5) is 0 Å². The van der Waals surface area contributed by atoms with Crippen molar-refractivity contribution in [1.29, 1.82) is 0 Å². The van der Waals surface area contributed by atoms with Crippen LogP contribution in [-0.4, -0.2) is 14.6 Å². The second-order valence-corrected chi connectivity index (χ2v) is 7.06. The topological polar surface area (TPSA) is 64.3 Å². The quantitative estimate of drug-likeness (QED) is 0.560. The first-order valence-electron chi connectivity index (χ1n) is 8.15. The molecule has 2 heterocycles. The van der Waals surface area contributed by atoms with Gasteiger partial charge in [-0.15, -0.1) is 0 Å². The summed E-state index contributed by atoms with van der Waals surface area (Å²) in [5, 5.41) is 4.27.